The molecular formula is C20H28N2O3. The lowest BCUT2D eigenvalue weighted by atomic mass is 10.1. The number of rotatable bonds is 7. The number of hydrogen-bond acceptors (Lipinski definition) is 3. The summed E-state index contributed by atoms with van der Waals surface area (Å²) in [7, 11) is 0. The molecule has 1 atom stereocenters. The minimum absolute atomic E-state index is 0.0845. The molecule has 0 radical (unpaired) electrons. The summed E-state index contributed by atoms with van der Waals surface area (Å²) in [4.78, 5) is 29.2. The van der Waals surface area contributed by atoms with Gasteiger partial charge < -0.3 is 14.5 Å². The molecule has 0 bridgehead atoms. The zero-order chi connectivity index (χ0) is 17.8. The number of nitrogens with zero attached hydrogens (tertiary/aromatic N) is 2. The molecule has 0 aromatic heterocycles. The monoisotopic (exact) mass is 344 g/mol. The fraction of sp³-hybridized carbons (Fsp3) is 0.600. The normalized spacial score (nSPS) is 19.8. The predicted octanol–water partition coefficient (Wildman–Crippen LogP) is 2.98. The van der Waals surface area contributed by atoms with Gasteiger partial charge in [-0.3, -0.25) is 9.59 Å². The molecule has 0 N–H and O–H groups in total. The highest BCUT2D eigenvalue weighted by atomic mass is 16.5. The molecule has 1 aliphatic heterocycles. The summed E-state index contributed by atoms with van der Waals surface area (Å²) in [6, 6.07) is 7.94. The van der Waals surface area contributed by atoms with Gasteiger partial charge in [-0.25, -0.2) is 0 Å². The number of amides is 2. The number of benzene rings is 1. The van der Waals surface area contributed by atoms with Crippen molar-refractivity contribution >= 4 is 11.8 Å². The van der Waals surface area contributed by atoms with Crippen molar-refractivity contribution in [2.75, 3.05) is 13.2 Å². The van der Waals surface area contributed by atoms with E-state index in [1.807, 2.05) is 43.0 Å². The lowest BCUT2D eigenvalue weighted by Gasteiger charge is -2.31. The van der Waals surface area contributed by atoms with Crippen LogP contribution in [-0.2, 0) is 16.1 Å². The average Bonchev–Trinajstić information content (AvgIpc) is 3.35. The first kappa shape index (κ1) is 17.8. The van der Waals surface area contributed by atoms with E-state index in [-0.39, 0.29) is 17.9 Å². The van der Waals surface area contributed by atoms with E-state index in [1.165, 1.54) is 0 Å². The van der Waals surface area contributed by atoms with E-state index in [9.17, 15) is 9.59 Å². The van der Waals surface area contributed by atoms with Crippen molar-refractivity contribution in [2.24, 2.45) is 0 Å². The van der Waals surface area contributed by atoms with E-state index in [2.05, 4.69) is 0 Å². The van der Waals surface area contributed by atoms with E-state index in [0.29, 0.717) is 32.2 Å². The Hall–Kier alpha value is -2.04. The van der Waals surface area contributed by atoms with Gasteiger partial charge in [-0.1, -0.05) is 25.1 Å². The Morgan fingerprint density at radius 3 is 2.64 bits per heavy atom. The number of carbonyl (C=O) groups excluding carboxylic acids is 2. The van der Waals surface area contributed by atoms with Crippen molar-refractivity contribution in [3.63, 3.8) is 0 Å². The van der Waals surface area contributed by atoms with Crippen LogP contribution in [-0.4, -0.2) is 46.8 Å². The lowest BCUT2D eigenvalue weighted by molar-refractivity contribution is -0.144. The summed E-state index contributed by atoms with van der Waals surface area (Å²) in [6.45, 7) is 5.70. The third-order valence-electron chi connectivity index (χ3n) is 5.04. The van der Waals surface area contributed by atoms with Gasteiger partial charge in [0.15, 0.2) is 0 Å². The SMILES string of the molecule is CCOc1ccccc1CN(C(=O)[C@@H]1CCCN1C(=O)CC)C1CC1. The van der Waals surface area contributed by atoms with Crippen LogP contribution in [0.15, 0.2) is 24.3 Å². The number of para-hydroxylation sites is 1. The van der Waals surface area contributed by atoms with Gasteiger partial charge in [-0.2, -0.15) is 0 Å². The second-order valence-corrected chi connectivity index (χ2v) is 6.84. The molecule has 1 heterocycles. The topological polar surface area (TPSA) is 49.9 Å². The van der Waals surface area contributed by atoms with Gasteiger partial charge in [0.2, 0.25) is 11.8 Å². The third kappa shape index (κ3) is 3.97. The fourth-order valence-corrected chi connectivity index (χ4v) is 3.60. The van der Waals surface area contributed by atoms with E-state index >= 15 is 0 Å². The molecule has 1 saturated heterocycles. The minimum Gasteiger partial charge on any atom is -0.494 e. The van der Waals surface area contributed by atoms with Crippen LogP contribution in [0.25, 0.3) is 0 Å². The summed E-state index contributed by atoms with van der Waals surface area (Å²) in [6.07, 6.45) is 4.26. The average molecular weight is 344 g/mol. The van der Waals surface area contributed by atoms with Gasteiger partial charge in [-0.05, 0) is 38.7 Å². The molecule has 25 heavy (non-hydrogen) atoms. The quantitative estimate of drug-likeness (QED) is 0.764. The van der Waals surface area contributed by atoms with E-state index in [4.69, 9.17) is 4.74 Å². The molecule has 2 fully saturated rings. The molecule has 0 unspecified atom stereocenters. The standard InChI is InChI=1S/C20H28N2O3/c1-3-19(23)21-13-7-9-17(21)20(24)22(16-11-12-16)14-15-8-5-6-10-18(15)25-4-2/h5-6,8,10,16-17H,3-4,7,9,11-14H2,1-2H3/t17-/m0/s1. The van der Waals surface area contributed by atoms with E-state index in [1.54, 1.807) is 4.90 Å². The highest BCUT2D eigenvalue weighted by Crippen LogP contribution is 2.33. The zero-order valence-corrected chi connectivity index (χ0v) is 15.2. The van der Waals surface area contributed by atoms with Gasteiger partial charge in [-0.15, -0.1) is 0 Å². The van der Waals surface area contributed by atoms with Crippen LogP contribution >= 0.6 is 0 Å². The molecule has 3 rings (SSSR count). The van der Waals surface area contributed by atoms with Gasteiger partial charge in [0.1, 0.15) is 11.8 Å². The van der Waals surface area contributed by atoms with Gasteiger partial charge in [0.05, 0.1) is 6.61 Å². The molecule has 136 valence electrons. The van der Waals surface area contributed by atoms with Crippen LogP contribution in [0.2, 0.25) is 0 Å². The molecule has 2 aliphatic rings. The first-order valence-electron chi connectivity index (χ1n) is 9.46. The summed E-state index contributed by atoms with van der Waals surface area (Å²) in [5.41, 5.74) is 1.04. The second-order valence-electron chi connectivity index (χ2n) is 6.84. The predicted molar refractivity (Wildman–Crippen MR) is 96.2 cm³/mol. The Kier molecular flexibility index (Phi) is 5.61. The largest absolute Gasteiger partial charge is 0.494 e. The third-order valence-corrected chi connectivity index (χ3v) is 5.04. The van der Waals surface area contributed by atoms with Crippen LogP contribution in [0.5, 0.6) is 5.75 Å². The maximum atomic E-state index is 13.2. The van der Waals surface area contributed by atoms with Gasteiger partial charge in [0, 0.05) is 31.1 Å². The Labute approximate surface area is 149 Å². The minimum atomic E-state index is -0.285. The van der Waals surface area contributed by atoms with Crippen LogP contribution in [0.3, 0.4) is 0 Å². The van der Waals surface area contributed by atoms with Crippen molar-refractivity contribution in [3.8, 4) is 5.75 Å². The number of hydrogen-bond donors (Lipinski definition) is 0. The van der Waals surface area contributed by atoms with Crippen LogP contribution < -0.4 is 4.74 Å². The summed E-state index contributed by atoms with van der Waals surface area (Å²) < 4.78 is 5.72. The molecular weight excluding hydrogens is 316 g/mol. The second kappa shape index (κ2) is 7.89. The maximum Gasteiger partial charge on any atom is 0.245 e. The smallest absolute Gasteiger partial charge is 0.245 e. The molecule has 1 saturated carbocycles. The molecule has 1 aromatic rings. The van der Waals surface area contributed by atoms with Gasteiger partial charge >= 0.3 is 0 Å². The van der Waals surface area contributed by atoms with Crippen molar-refractivity contribution in [2.45, 2.75) is 64.6 Å². The Balaban J connectivity index is 1.77. The Morgan fingerprint density at radius 2 is 1.96 bits per heavy atom. The molecule has 0 spiro atoms. The summed E-state index contributed by atoms with van der Waals surface area (Å²) >= 11 is 0. The number of carbonyl (C=O) groups is 2. The first-order valence-corrected chi connectivity index (χ1v) is 9.46. The fourth-order valence-electron chi connectivity index (χ4n) is 3.60. The van der Waals surface area contributed by atoms with E-state index in [0.717, 1.165) is 37.0 Å². The molecule has 1 aromatic carbocycles. The van der Waals surface area contributed by atoms with E-state index < -0.39 is 0 Å². The highest BCUT2D eigenvalue weighted by molar-refractivity contribution is 5.88. The Morgan fingerprint density at radius 1 is 1.20 bits per heavy atom. The molecule has 2 amide bonds. The number of likely N-dealkylation sites (tertiary alicyclic amines) is 1. The van der Waals surface area contributed by atoms with Crippen molar-refractivity contribution in [1.82, 2.24) is 9.80 Å². The molecule has 1 aliphatic carbocycles. The van der Waals surface area contributed by atoms with Crippen molar-refractivity contribution in [1.29, 1.82) is 0 Å². The summed E-state index contributed by atoms with van der Waals surface area (Å²) in [5.74, 6) is 1.03. The first-order chi connectivity index (χ1) is 12.2. The molecule has 5 nitrogen and oxygen atoms in total. The van der Waals surface area contributed by atoms with Gasteiger partial charge in [0.25, 0.3) is 0 Å². The van der Waals surface area contributed by atoms with Crippen LogP contribution in [0, 0.1) is 0 Å². The summed E-state index contributed by atoms with van der Waals surface area (Å²) in [5, 5.41) is 0. The van der Waals surface area contributed by atoms with Crippen molar-refractivity contribution < 1.29 is 14.3 Å². The maximum absolute atomic E-state index is 13.2. The molecule has 5 heteroatoms. The highest BCUT2D eigenvalue weighted by Gasteiger charge is 2.41. The lowest BCUT2D eigenvalue weighted by Crippen LogP contribution is -2.48. The van der Waals surface area contributed by atoms with Crippen LogP contribution in [0.1, 0.15) is 51.5 Å². The number of ether oxygens (including phenoxy) is 1. The zero-order valence-electron chi connectivity index (χ0n) is 15.2. The van der Waals surface area contributed by atoms with Crippen molar-refractivity contribution in [3.05, 3.63) is 29.8 Å². The van der Waals surface area contributed by atoms with Crippen LogP contribution in [0.4, 0.5) is 0 Å². The Bertz CT molecular complexity index is 627.